The molecular formula is C17H20N2O3S2. The summed E-state index contributed by atoms with van der Waals surface area (Å²) in [5, 5.41) is 2.75. The van der Waals surface area contributed by atoms with Gasteiger partial charge < -0.3 is 5.32 Å². The van der Waals surface area contributed by atoms with Gasteiger partial charge in [0.2, 0.25) is 15.9 Å². The summed E-state index contributed by atoms with van der Waals surface area (Å²) in [5.74, 6) is 0.305. The summed E-state index contributed by atoms with van der Waals surface area (Å²) < 4.78 is 27.4. The van der Waals surface area contributed by atoms with E-state index in [0.29, 0.717) is 17.9 Å². The first-order valence-electron chi connectivity index (χ1n) is 7.45. The number of thioether (sulfide) groups is 1. The Balaban J connectivity index is 2.14. The van der Waals surface area contributed by atoms with E-state index >= 15 is 0 Å². The number of para-hydroxylation sites is 1. The lowest BCUT2D eigenvalue weighted by atomic mass is 10.2. The zero-order valence-electron chi connectivity index (χ0n) is 13.3. The predicted molar refractivity (Wildman–Crippen MR) is 98.6 cm³/mol. The second kappa shape index (κ2) is 8.86. The molecule has 0 saturated heterocycles. The maximum Gasteiger partial charge on any atom is 0.242 e. The van der Waals surface area contributed by atoms with E-state index in [4.69, 9.17) is 0 Å². The summed E-state index contributed by atoms with van der Waals surface area (Å²) in [6.45, 7) is 0. The van der Waals surface area contributed by atoms with Crippen molar-refractivity contribution < 1.29 is 13.2 Å². The minimum absolute atomic E-state index is 0.145. The van der Waals surface area contributed by atoms with Crippen LogP contribution in [0, 0.1) is 0 Å². The first-order valence-corrected chi connectivity index (χ1v) is 10.3. The Kier molecular flexibility index (Phi) is 6.84. The van der Waals surface area contributed by atoms with Crippen LogP contribution in [-0.4, -0.2) is 32.4 Å². The fourth-order valence-electron chi connectivity index (χ4n) is 2.09. The van der Waals surface area contributed by atoms with Crippen LogP contribution >= 0.6 is 11.8 Å². The van der Waals surface area contributed by atoms with E-state index in [0.717, 1.165) is 0 Å². The van der Waals surface area contributed by atoms with Gasteiger partial charge in [0.15, 0.2) is 0 Å². The third kappa shape index (κ3) is 5.36. The van der Waals surface area contributed by atoms with Crippen LogP contribution in [0.3, 0.4) is 0 Å². The van der Waals surface area contributed by atoms with E-state index in [-0.39, 0.29) is 10.8 Å². The highest BCUT2D eigenvalue weighted by molar-refractivity contribution is 7.98. The van der Waals surface area contributed by atoms with Crippen molar-refractivity contribution in [2.45, 2.75) is 17.4 Å². The highest BCUT2D eigenvalue weighted by Gasteiger charge is 2.25. The van der Waals surface area contributed by atoms with E-state index in [1.54, 1.807) is 54.2 Å². The molecule has 1 amide bonds. The van der Waals surface area contributed by atoms with Crippen molar-refractivity contribution in [2.24, 2.45) is 0 Å². The van der Waals surface area contributed by atoms with Crippen molar-refractivity contribution in [1.29, 1.82) is 0 Å². The summed E-state index contributed by atoms with van der Waals surface area (Å²) in [6, 6.07) is 16.2. The molecule has 2 aromatic rings. The SMILES string of the molecule is CSCCC(NS(=O)(=O)c1ccccc1)C(=O)Nc1ccccc1. The highest BCUT2D eigenvalue weighted by atomic mass is 32.2. The Labute approximate surface area is 146 Å². The fraction of sp³-hybridized carbons (Fsp3) is 0.235. The number of benzene rings is 2. The molecule has 0 fully saturated rings. The van der Waals surface area contributed by atoms with Crippen molar-refractivity contribution >= 4 is 33.4 Å². The second-order valence-corrected chi connectivity index (χ2v) is 7.82. The van der Waals surface area contributed by atoms with E-state index in [1.807, 2.05) is 12.3 Å². The number of rotatable bonds is 8. The van der Waals surface area contributed by atoms with E-state index < -0.39 is 16.1 Å². The normalized spacial score (nSPS) is 12.5. The van der Waals surface area contributed by atoms with Crippen LogP contribution in [0.1, 0.15) is 6.42 Å². The van der Waals surface area contributed by atoms with E-state index in [9.17, 15) is 13.2 Å². The average Bonchev–Trinajstić information content (AvgIpc) is 2.60. The van der Waals surface area contributed by atoms with Gasteiger partial charge in [-0.25, -0.2) is 8.42 Å². The van der Waals surface area contributed by atoms with Crippen molar-refractivity contribution in [1.82, 2.24) is 4.72 Å². The largest absolute Gasteiger partial charge is 0.325 e. The quantitative estimate of drug-likeness (QED) is 0.755. The summed E-state index contributed by atoms with van der Waals surface area (Å²) >= 11 is 1.56. The minimum Gasteiger partial charge on any atom is -0.325 e. The number of hydrogen-bond acceptors (Lipinski definition) is 4. The predicted octanol–water partition coefficient (Wildman–Crippen LogP) is 2.73. The first kappa shape index (κ1) is 18.5. The van der Waals surface area contributed by atoms with Crippen molar-refractivity contribution in [3.63, 3.8) is 0 Å². The molecule has 128 valence electrons. The fourth-order valence-corrected chi connectivity index (χ4v) is 3.81. The van der Waals surface area contributed by atoms with Gasteiger partial charge in [0.05, 0.1) is 4.90 Å². The number of carbonyl (C=O) groups excluding carboxylic acids is 1. The monoisotopic (exact) mass is 364 g/mol. The van der Waals surface area contributed by atoms with Gasteiger partial charge in [-0.2, -0.15) is 16.5 Å². The van der Waals surface area contributed by atoms with Crippen molar-refractivity contribution in [2.75, 3.05) is 17.3 Å². The Hall–Kier alpha value is -1.83. The van der Waals surface area contributed by atoms with Crippen LogP contribution < -0.4 is 10.0 Å². The van der Waals surface area contributed by atoms with E-state index in [1.165, 1.54) is 12.1 Å². The zero-order chi connectivity index (χ0) is 17.4. The molecule has 7 heteroatoms. The lowest BCUT2D eigenvalue weighted by Gasteiger charge is -2.18. The highest BCUT2D eigenvalue weighted by Crippen LogP contribution is 2.12. The van der Waals surface area contributed by atoms with E-state index in [2.05, 4.69) is 10.0 Å². The second-order valence-electron chi connectivity index (χ2n) is 5.12. The minimum atomic E-state index is -3.75. The van der Waals surface area contributed by atoms with Crippen LogP contribution in [-0.2, 0) is 14.8 Å². The summed E-state index contributed by atoms with van der Waals surface area (Å²) in [4.78, 5) is 12.6. The molecule has 1 atom stereocenters. The summed E-state index contributed by atoms with van der Waals surface area (Å²) in [5.41, 5.74) is 0.635. The molecule has 0 bridgehead atoms. The van der Waals surface area contributed by atoms with Gasteiger partial charge in [-0.15, -0.1) is 0 Å². The third-order valence-electron chi connectivity index (χ3n) is 3.32. The number of carbonyl (C=O) groups is 1. The molecule has 24 heavy (non-hydrogen) atoms. The Bertz CT molecular complexity index is 750. The topological polar surface area (TPSA) is 75.3 Å². The third-order valence-corrected chi connectivity index (χ3v) is 5.45. The first-order chi connectivity index (χ1) is 11.5. The molecule has 2 rings (SSSR count). The maximum absolute atomic E-state index is 12.5. The Morgan fingerprint density at radius 3 is 2.21 bits per heavy atom. The lowest BCUT2D eigenvalue weighted by Crippen LogP contribution is -2.44. The zero-order valence-corrected chi connectivity index (χ0v) is 14.9. The Morgan fingerprint density at radius 1 is 1.04 bits per heavy atom. The van der Waals surface area contributed by atoms with Crippen LogP contribution in [0.4, 0.5) is 5.69 Å². The molecule has 0 spiro atoms. The van der Waals surface area contributed by atoms with Gasteiger partial charge in [-0.05, 0) is 42.7 Å². The smallest absolute Gasteiger partial charge is 0.242 e. The summed E-state index contributed by atoms with van der Waals surface area (Å²) in [6.07, 6.45) is 2.32. The molecule has 2 N–H and O–H groups in total. The van der Waals surface area contributed by atoms with Crippen molar-refractivity contribution in [3.8, 4) is 0 Å². The van der Waals surface area contributed by atoms with Crippen LogP contribution in [0.5, 0.6) is 0 Å². The average molecular weight is 364 g/mol. The van der Waals surface area contributed by atoms with Crippen LogP contribution in [0.2, 0.25) is 0 Å². The molecule has 0 aromatic heterocycles. The summed E-state index contributed by atoms with van der Waals surface area (Å²) in [7, 11) is -3.75. The number of nitrogens with one attached hydrogen (secondary N) is 2. The Morgan fingerprint density at radius 2 is 1.62 bits per heavy atom. The maximum atomic E-state index is 12.5. The van der Waals surface area contributed by atoms with Gasteiger partial charge in [-0.3, -0.25) is 4.79 Å². The van der Waals surface area contributed by atoms with Gasteiger partial charge in [0.1, 0.15) is 6.04 Å². The lowest BCUT2D eigenvalue weighted by molar-refractivity contribution is -0.117. The molecular weight excluding hydrogens is 344 g/mol. The van der Waals surface area contributed by atoms with Crippen LogP contribution in [0.15, 0.2) is 65.6 Å². The number of hydrogen-bond donors (Lipinski definition) is 2. The molecule has 0 heterocycles. The molecule has 1 unspecified atom stereocenters. The van der Waals surface area contributed by atoms with Crippen LogP contribution in [0.25, 0.3) is 0 Å². The molecule has 5 nitrogen and oxygen atoms in total. The van der Waals surface area contributed by atoms with Crippen molar-refractivity contribution in [3.05, 3.63) is 60.7 Å². The molecule has 2 aromatic carbocycles. The number of anilines is 1. The molecule has 0 aliphatic heterocycles. The number of sulfonamides is 1. The van der Waals surface area contributed by atoms with Gasteiger partial charge in [-0.1, -0.05) is 36.4 Å². The molecule has 0 radical (unpaired) electrons. The molecule has 0 aliphatic carbocycles. The standard InChI is InChI=1S/C17H20N2O3S2/c1-23-13-12-16(17(20)18-14-8-4-2-5-9-14)19-24(21,22)15-10-6-3-7-11-15/h2-11,16,19H,12-13H2,1H3,(H,18,20). The molecule has 0 aliphatic rings. The van der Waals surface area contributed by atoms with Gasteiger partial charge in [0, 0.05) is 5.69 Å². The molecule has 0 saturated carbocycles. The van der Waals surface area contributed by atoms with Gasteiger partial charge >= 0.3 is 0 Å². The number of amides is 1. The van der Waals surface area contributed by atoms with Gasteiger partial charge in [0.25, 0.3) is 0 Å².